The van der Waals surface area contributed by atoms with Crippen LogP contribution < -0.4 is 73.4 Å². The van der Waals surface area contributed by atoms with E-state index in [1.807, 2.05) is 0 Å². The molecule has 0 aliphatic heterocycles. The summed E-state index contributed by atoms with van der Waals surface area (Å²) in [6, 6.07) is 0. The van der Waals surface area contributed by atoms with E-state index in [0.29, 0.717) is 0 Å². The zero-order chi connectivity index (χ0) is 17.9. The average molecular weight is 548 g/mol. The van der Waals surface area contributed by atoms with Crippen LogP contribution in [-0.4, -0.2) is 0 Å². The Morgan fingerprint density at radius 1 is 0.217 bits per heavy atom. The second kappa shape index (κ2) is 44.6. The van der Waals surface area contributed by atoms with Gasteiger partial charge in [-0.25, -0.2) is 0 Å². The van der Waals surface area contributed by atoms with E-state index in [1.54, 1.807) is 0 Å². The molecule has 0 rings (SSSR count). The van der Waals surface area contributed by atoms with Gasteiger partial charge in [0.1, 0.15) is 0 Å². The van der Waals surface area contributed by atoms with Crippen LogP contribution in [0.15, 0.2) is 0 Å². The molecule has 0 aromatic carbocycles. The van der Waals surface area contributed by atoms with Crippen molar-refractivity contribution >= 4 is 43.0 Å². The summed E-state index contributed by atoms with van der Waals surface area (Å²) in [4.78, 5) is 127. The van der Waals surface area contributed by atoms with Gasteiger partial charge in [0.25, 0.3) is 0 Å². The fraction of sp³-hybridized carbons (Fsp3) is 0. The monoisotopic (exact) mass is 548 g/mol. The molecule has 0 bridgehead atoms. The van der Waals surface area contributed by atoms with Crippen LogP contribution in [0, 0.1) is 0 Å². The molecule has 0 atom stereocenters. The molecular weight excluding hydrogens is 548 g/mol. The number of rotatable bonds is 0. The van der Waals surface area contributed by atoms with E-state index < -0.39 is 43.0 Å². The Kier molecular flexibility index (Phi) is 97.5. The number of hydrogen-bond acceptors (Lipinski definition) is 15. The van der Waals surface area contributed by atoms with Crippen LogP contribution in [-0.2, 0) is 55.7 Å². The first-order chi connectivity index (χ1) is 8.66. The van der Waals surface area contributed by atoms with Gasteiger partial charge in [-0.15, -0.1) is 0 Å². The summed E-state index contributed by atoms with van der Waals surface area (Å²) < 4.78 is 0. The minimum absolute atomic E-state index is 0. The van der Waals surface area contributed by atoms with Crippen LogP contribution in [0.5, 0.6) is 0 Å². The van der Waals surface area contributed by atoms with E-state index in [9.17, 15) is 0 Å². The van der Waals surface area contributed by atoms with E-state index in [-0.39, 0.29) is 55.7 Å². The summed E-state index contributed by atoms with van der Waals surface area (Å²) >= 11 is 0. The Morgan fingerprint density at radius 2 is 0.217 bits per heavy atom. The van der Waals surface area contributed by atoms with Crippen LogP contribution in [0.1, 0.15) is 0 Å². The summed E-state index contributed by atoms with van der Waals surface area (Å²) in [6.45, 7) is 0. The zero-order valence-corrected chi connectivity index (χ0v) is 18.4. The second-order valence-electron chi connectivity index (χ2n) is 1.12. The molecule has 0 N–H and O–H groups in total. The summed E-state index contributed by atoms with van der Waals surface area (Å²) in [5.41, 5.74) is 0. The van der Waals surface area contributed by atoms with Crippen LogP contribution in [0.2, 0.25) is 0 Å². The Labute approximate surface area is 171 Å². The Balaban J connectivity index is -0.0000000197. The van der Waals surface area contributed by atoms with Crippen molar-refractivity contribution in [2.24, 2.45) is 0 Å². The number of hydrogen-bond donors (Lipinski definition) is 0. The van der Waals surface area contributed by atoms with Gasteiger partial charge >= 0.3 is 0 Å². The fourth-order valence-electron chi connectivity index (χ4n) is 0. The minimum Gasteiger partial charge on any atom is -0.854 e. The topological polar surface area (TPSA) is 346 Å². The van der Waals surface area contributed by atoms with Crippen LogP contribution in [0.25, 0.3) is 0 Å². The largest absolute Gasteiger partial charge is 0.854 e. The molecule has 0 aliphatic rings. The van der Waals surface area contributed by atoms with Crippen LogP contribution >= 0.6 is 43.0 Å². The third kappa shape index (κ3) is 1260. The molecular formula is O15P5V3-15. The van der Waals surface area contributed by atoms with Crippen molar-refractivity contribution in [3.63, 3.8) is 0 Å². The van der Waals surface area contributed by atoms with Crippen molar-refractivity contribution in [2.75, 3.05) is 0 Å². The Bertz CT molecular complexity index is 87.7. The molecule has 0 aliphatic carbocycles. The van der Waals surface area contributed by atoms with E-state index in [2.05, 4.69) is 0 Å². The molecule has 15 nitrogen and oxygen atoms in total. The first kappa shape index (κ1) is 50.3. The Morgan fingerprint density at radius 3 is 0.217 bits per heavy atom. The van der Waals surface area contributed by atoms with E-state index in [1.165, 1.54) is 0 Å². The molecule has 23 heteroatoms. The second-order valence-corrected chi connectivity index (χ2v) is 3.35. The molecule has 0 saturated heterocycles. The molecule has 0 unspecified atom stereocenters. The maximum Gasteiger partial charge on any atom is 0 e. The van der Waals surface area contributed by atoms with Gasteiger partial charge in [-0.3, -0.25) is 0 Å². The summed E-state index contributed by atoms with van der Waals surface area (Å²) in [6.07, 6.45) is 0. The summed E-state index contributed by atoms with van der Waals surface area (Å²) in [7, 11) is -16.9. The Hall–Kier alpha value is 3.30. The van der Waals surface area contributed by atoms with Crippen molar-refractivity contribution in [3.05, 3.63) is 0 Å². The predicted molar refractivity (Wildman–Crippen MR) is 34.6 cm³/mol. The molecule has 145 valence electrons. The molecule has 0 aromatic rings. The minimum atomic E-state index is -3.37. The van der Waals surface area contributed by atoms with Crippen LogP contribution in [0.4, 0.5) is 0 Å². The van der Waals surface area contributed by atoms with Gasteiger partial charge in [-0.1, -0.05) is 0 Å². The van der Waals surface area contributed by atoms with E-state index in [0.717, 1.165) is 0 Å². The predicted octanol–water partition coefficient (Wildman–Crippen LogP) is -13.5. The molecule has 0 aromatic heterocycles. The summed E-state index contributed by atoms with van der Waals surface area (Å²) in [5, 5.41) is 0. The van der Waals surface area contributed by atoms with Crippen LogP contribution in [0.3, 0.4) is 0 Å². The molecule has 0 saturated carbocycles. The summed E-state index contributed by atoms with van der Waals surface area (Å²) in [5.74, 6) is 0. The maximum atomic E-state index is 8.48. The van der Waals surface area contributed by atoms with Gasteiger partial charge in [-0.2, -0.15) is 0 Å². The molecule has 23 heavy (non-hydrogen) atoms. The third-order valence-corrected chi connectivity index (χ3v) is 0. The smallest absolute Gasteiger partial charge is 0 e. The van der Waals surface area contributed by atoms with Gasteiger partial charge in [0.15, 0.2) is 0 Å². The van der Waals surface area contributed by atoms with E-state index >= 15 is 0 Å². The van der Waals surface area contributed by atoms with Crippen molar-refractivity contribution in [3.8, 4) is 0 Å². The molecule has 3 radical (unpaired) electrons. The van der Waals surface area contributed by atoms with Crippen molar-refractivity contribution in [1.82, 2.24) is 0 Å². The molecule has 0 fully saturated rings. The van der Waals surface area contributed by atoms with Crippen molar-refractivity contribution < 1.29 is 129 Å². The van der Waals surface area contributed by atoms with Crippen molar-refractivity contribution in [1.29, 1.82) is 0 Å². The maximum absolute atomic E-state index is 8.48. The normalized spacial score (nSPS) is 7.83. The zero-order valence-electron chi connectivity index (χ0n) is 9.70. The van der Waals surface area contributed by atoms with Gasteiger partial charge in [0, 0.05) is 55.7 Å². The molecule has 0 heterocycles. The first-order valence-electron chi connectivity index (χ1n) is 2.74. The molecule has 0 spiro atoms. The fourth-order valence-corrected chi connectivity index (χ4v) is 0. The quantitative estimate of drug-likeness (QED) is 0.254. The van der Waals surface area contributed by atoms with Gasteiger partial charge in [0.05, 0.1) is 0 Å². The first-order valence-corrected chi connectivity index (χ1v) is 8.22. The average Bonchev–Trinajstić information content (AvgIpc) is 1.94. The van der Waals surface area contributed by atoms with E-state index in [4.69, 9.17) is 73.4 Å². The van der Waals surface area contributed by atoms with Gasteiger partial charge in [-0.05, 0) is 0 Å². The SMILES string of the molecule is [O-]P([O-])[O-].[O-]P([O-])[O-].[O-]P([O-])[O-].[O-]P([O-])[O-].[O-]P([O-])[O-].[V].[V].[V]. The third-order valence-electron chi connectivity index (χ3n) is 0. The molecule has 0 amide bonds. The van der Waals surface area contributed by atoms with Gasteiger partial charge in [0.2, 0.25) is 0 Å². The standard InChI is InChI=1S/5O3P.3V/c5*1-4(2)3;;;/q5*-3;;;. The van der Waals surface area contributed by atoms with Crippen molar-refractivity contribution in [2.45, 2.75) is 0 Å². The van der Waals surface area contributed by atoms with Gasteiger partial charge < -0.3 is 116 Å².